The van der Waals surface area contributed by atoms with Crippen molar-refractivity contribution in [1.29, 1.82) is 0 Å². The summed E-state index contributed by atoms with van der Waals surface area (Å²) in [5.74, 6) is 0. The van der Waals surface area contributed by atoms with E-state index >= 15 is 0 Å². The molecule has 0 aromatic carbocycles. The molecule has 5 heteroatoms. The lowest BCUT2D eigenvalue weighted by Gasteiger charge is -2.08. The summed E-state index contributed by atoms with van der Waals surface area (Å²) < 4.78 is 30.6. The molecule has 0 aliphatic rings. The van der Waals surface area contributed by atoms with Crippen molar-refractivity contribution in [3.8, 4) is 0 Å². The topological polar surface area (TPSA) is 74.6 Å². The van der Waals surface area contributed by atoms with Crippen LogP contribution in [0, 0.1) is 0 Å². The fourth-order valence-electron chi connectivity index (χ4n) is 3.21. The van der Waals surface area contributed by atoms with Gasteiger partial charge in [-0.05, 0) is 26.2 Å². The van der Waals surface area contributed by atoms with Crippen LogP contribution in [0.3, 0.4) is 0 Å². The number of hydrogen-bond acceptors (Lipinski definition) is 3. The summed E-state index contributed by atoms with van der Waals surface area (Å²) in [5, 5.41) is 9.03. The van der Waals surface area contributed by atoms with Crippen molar-refractivity contribution in [2.24, 2.45) is 0 Å². The average Bonchev–Trinajstić information content (AvgIpc) is 2.54. The van der Waals surface area contributed by atoms with E-state index in [4.69, 9.17) is 4.55 Å². The number of unbranched alkanes of at least 4 members (excludes halogenated alkanes) is 11. The largest absolute Gasteiger partial charge is 0.393 e. The second-order valence-corrected chi connectivity index (χ2v) is 9.42. The van der Waals surface area contributed by atoms with Gasteiger partial charge in [0.1, 0.15) is 0 Å². The lowest BCUT2D eigenvalue weighted by molar-refractivity contribution is 0.150. The molecule has 2 unspecified atom stereocenters. The van der Waals surface area contributed by atoms with Crippen molar-refractivity contribution in [1.82, 2.24) is 0 Å². The SMILES string of the molecule is CCCC(O)CCCCCCCCCCCCCCC(C)S(=O)(=O)O. The Kier molecular flexibility index (Phi) is 16.0. The predicted molar refractivity (Wildman–Crippen MR) is 107 cm³/mol. The Balaban J connectivity index is 3.19. The Hall–Kier alpha value is -0.130. The minimum atomic E-state index is -3.84. The Morgan fingerprint density at radius 1 is 0.680 bits per heavy atom. The van der Waals surface area contributed by atoms with Gasteiger partial charge in [-0.3, -0.25) is 4.55 Å². The van der Waals surface area contributed by atoms with Gasteiger partial charge in [-0.2, -0.15) is 8.42 Å². The molecular formula is C20H42O4S. The molecule has 0 fully saturated rings. The standard InChI is InChI=1S/C20H42O4S/c1-3-16-20(21)18-15-13-11-9-7-5-4-6-8-10-12-14-17-19(2)25(22,23)24/h19-21H,3-18H2,1-2H3,(H,22,23,24). The van der Waals surface area contributed by atoms with Crippen molar-refractivity contribution >= 4 is 10.1 Å². The third kappa shape index (κ3) is 17.1. The molecule has 0 amide bonds. The van der Waals surface area contributed by atoms with Crippen LogP contribution in [0.2, 0.25) is 0 Å². The van der Waals surface area contributed by atoms with E-state index in [9.17, 15) is 13.5 Å². The van der Waals surface area contributed by atoms with Crippen LogP contribution in [-0.2, 0) is 10.1 Å². The molecule has 152 valence electrons. The summed E-state index contributed by atoms with van der Waals surface area (Å²) in [5.41, 5.74) is 0. The van der Waals surface area contributed by atoms with Gasteiger partial charge in [-0.15, -0.1) is 0 Å². The van der Waals surface area contributed by atoms with Gasteiger partial charge in [0.25, 0.3) is 10.1 Å². The van der Waals surface area contributed by atoms with Crippen LogP contribution in [0.15, 0.2) is 0 Å². The van der Waals surface area contributed by atoms with Crippen molar-refractivity contribution < 1.29 is 18.1 Å². The summed E-state index contributed by atoms with van der Waals surface area (Å²) in [6.07, 6.45) is 18.1. The fraction of sp³-hybridized carbons (Fsp3) is 1.00. The molecule has 0 aliphatic carbocycles. The molecule has 0 aliphatic heterocycles. The minimum absolute atomic E-state index is 0.0822. The molecule has 4 nitrogen and oxygen atoms in total. The first kappa shape index (κ1) is 24.9. The van der Waals surface area contributed by atoms with Crippen LogP contribution in [0.1, 0.15) is 117 Å². The Labute approximate surface area is 156 Å². The van der Waals surface area contributed by atoms with E-state index < -0.39 is 15.4 Å². The molecule has 2 N–H and O–H groups in total. The van der Waals surface area contributed by atoms with Gasteiger partial charge >= 0.3 is 0 Å². The normalized spacial score (nSPS) is 14.6. The molecule has 0 radical (unpaired) electrons. The third-order valence-electron chi connectivity index (χ3n) is 5.03. The summed E-state index contributed by atoms with van der Waals surface area (Å²) in [7, 11) is -3.84. The summed E-state index contributed by atoms with van der Waals surface area (Å²) in [6.45, 7) is 3.69. The van der Waals surface area contributed by atoms with Gasteiger partial charge in [-0.1, -0.05) is 90.4 Å². The molecule has 0 saturated heterocycles. The van der Waals surface area contributed by atoms with Gasteiger partial charge in [0.15, 0.2) is 0 Å². The number of rotatable bonds is 18. The van der Waals surface area contributed by atoms with E-state index in [1.54, 1.807) is 6.92 Å². The zero-order valence-electron chi connectivity index (χ0n) is 16.6. The van der Waals surface area contributed by atoms with Crippen molar-refractivity contribution in [2.75, 3.05) is 0 Å². The first-order valence-corrected chi connectivity index (χ1v) is 12.0. The molecule has 0 aromatic heterocycles. The Morgan fingerprint density at radius 3 is 1.40 bits per heavy atom. The smallest absolute Gasteiger partial charge is 0.267 e. The number of hydrogen-bond donors (Lipinski definition) is 2. The zero-order chi connectivity index (χ0) is 19.0. The minimum Gasteiger partial charge on any atom is -0.393 e. The van der Waals surface area contributed by atoms with Gasteiger partial charge in [0.05, 0.1) is 11.4 Å². The summed E-state index contributed by atoms with van der Waals surface area (Å²) >= 11 is 0. The molecule has 0 bridgehead atoms. The van der Waals surface area contributed by atoms with Gasteiger partial charge in [-0.25, -0.2) is 0 Å². The molecule has 0 heterocycles. The van der Waals surface area contributed by atoms with Gasteiger partial charge < -0.3 is 5.11 Å². The van der Waals surface area contributed by atoms with Crippen LogP contribution in [0.4, 0.5) is 0 Å². The third-order valence-corrected chi connectivity index (χ3v) is 6.28. The predicted octanol–water partition coefficient (Wildman–Crippen LogP) is 5.89. The van der Waals surface area contributed by atoms with Gasteiger partial charge in [0.2, 0.25) is 0 Å². The van der Waals surface area contributed by atoms with Crippen molar-refractivity contribution in [3.63, 3.8) is 0 Å². The quantitative estimate of drug-likeness (QED) is 0.230. The second kappa shape index (κ2) is 16.1. The highest BCUT2D eigenvalue weighted by atomic mass is 32.2. The maximum atomic E-state index is 10.9. The molecule has 2 atom stereocenters. The molecule has 0 rings (SSSR count). The van der Waals surface area contributed by atoms with E-state index in [1.807, 2.05) is 0 Å². The lowest BCUT2D eigenvalue weighted by atomic mass is 10.0. The van der Waals surface area contributed by atoms with Crippen molar-refractivity contribution in [3.05, 3.63) is 0 Å². The first-order valence-electron chi connectivity index (χ1n) is 10.5. The van der Waals surface area contributed by atoms with Crippen LogP contribution in [0.25, 0.3) is 0 Å². The van der Waals surface area contributed by atoms with Crippen LogP contribution in [0.5, 0.6) is 0 Å². The maximum Gasteiger partial charge on any atom is 0.267 e. The van der Waals surface area contributed by atoms with Crippen molar-refractivity contribution in [2.45, 2.75) is 128 Å². The zero-order valence-corrected chi connectivity index (χ0v) is 17.4. The van der Waals surface area contributed by atoms with E-state index in [2.05, 4.69) is 6.92 Å². The number of aliphatic hydroxyl groups excluding tert-OH is 1. The summed E-state index contributed by atoms with van der Waals surface area (Å²) in [4.78, 5) is 0. The highest BCUT2D eigenvalue weighted by molar-refractivity contribution is 7.86. The van der Waals surface area contributed by atoms with E-state index in [1.165, 1.54) is 51.4 Å². The summed E-state index contributed by atoms with van der Waals surface area (Å²) in [6, 6.07) is 0. The van der Waals surface area contributed by atoms with Gasteiger partial charge in [0, 0.05) is 0 Å². The maximum absolute atomic E-state index is 10.9. The highest BCUT2D eigenvalue weighted by Crippen LogP contribution is 2.15. The van der Waals surface area contributed by atoms with E-state index in [-0.39, 0.29) is 6.10 Å². The molecule has 0 aromatic rings. The van der Waals surface area contributed by atoms with Crippen LogP contribution < -0.4 is 0 Å². The Bertz CT molecular complexity index is 381. The molecule has 0 spiro atoms. The van der Waals surface area contributed by atoms with E-state index in [0.717, 1.165) is 44.9 Å². The lowest BCUT2D eigenvalue weighted by Crippen LogP contribution is -2.16. The number of aliphatic hydroxyl groups is 1. The van der Waals surface area contributed by atoms with E-state index in [0.29, 0.717) is 6.42 Å². The second-order valence-electron chi connectivity index (χ2n) is 7.59. The monoisotopic (exact) mass is 378 g/mol. The highest BCUT2D eigenvalue weighted by Gasteiger charge is 2.15. The average molecular weight is 379 g/mol. The molecular weight excluding hydrogens is 336 g/mol. The fourth-order valence-corrected chi connectivity index (χ4v) is 3.67. The van der Waals surface area contributed by atoms with Crippen LogP contribution >= 0.6 is 0 Å². The molecule has 0 saturated carbocycles. The Morgan fingerprint density at radius 2 is 1.04 bits per heavy atom. The van der Waals surface area contributed by atoms with Crippen LogP contribution in [-0.4, -0.2) is 29.4 Å². The molecule has 25 heavy (non-hydrogen) atoms. The first-order chi connectivity index (χ1) is 11.9.